The van der Waals surface area contributed by atoms with Crippen molar-refractivity contribution in [1.29, 1.82) is 0 Å². The maximum atomic E-state index is 12.4. The van der Waals surface area contributed by atoms with E-state index in [0.717, 1.165) is 10.7 Å². The molecule has 1 aromatic carbocycles. The normalized spacial score (nSPS) is 14.1. The van der Waals surface area contributed by atoms with Crippen LogP contribution in [0.4, 0.5) is 0 Å². The van der Waals surface area contributed by atoms with Crippen molar-refractivity contribution in [3.63, 3.8) is 0 Å². The van der Waals surface area contributed by atoms with Crippen LogP contribution >= 0.6 is 11.8 Å². The molecule has 0 unspecified atom stereocenters. The molecule has 7 heteroatoms. The minimum Gasteiger partial charge on any atom is -0.462 e. The molecular formula is C17H18N4O2S. The van der Waals surface area contributed by atoms with Gasteiger partial charge in [0.15, 0.2) is 5.82 Å². The van der Waals surface area contributed by atoms with Gasteiger partial charge in [0, 0.05) is 5.75 Å². The molecule has 24 heavy (non-hydrogen) atoms. The molecule has 1 aromatic heterocycles. The summed E-state index contributed by atoms with van der Waals surface area (Å²) < 4.78 is 6.87. The summed E-state index contributed by atoms with van der Waals surface area (Å²) in [5.74, 6) is 0.870. The average Bonchev–Trinajstić information content (AvgIpc) is 2.95. The van der Waals surface area contributed by atoms with Crippen molar-refractivity contribution in [1.82, 2.24) is 14.9 Å². The summed E-state index contributed by atoms with van der Waals surface area (Å²) in [6.45, 7) is 5.97. The first-order valence-electron chi connectivity index (χ1n) is 7.67. The Balaban J connectivity index is 2.02. The molecule has 0 amide bonds. The lowest BCUT2D eigenvalue weighted by Crippen LogP contribution is -2.21. The third-order valence-corrected chi connectivity index (χ3v) is 4.45. The molecule has 1 aliphatic rings. The zero-order chi connectivity index (χ0) is 17.1. The second-order valence-corrected chi connectivity index (χ2v) is 6.31. The molecule has 0 aliphatic carbocycles. The van der Waals surface area contributed by atoms with Crippen molar-refractivity contribution in [2.24, 2.45) is 5.10 Å². The maximum absolute atomic E-state index is 12.4. The van der Waals surface area contributed by atoms with Gasteiger partial charge < -0.3 is 4.74 Å². The molecule has 0 fully saturated rings. The number of ether oxygens (including phenoxy) is 1. The van der Waals surface area contributed by atoms with Crippen LogP contribution in [-0.4, -0.2) is 38.9 Å². The Morgan fingerprint density at radius 1 is 1.29 bits per heavy atom. The SMILES string of the molecule is CCOC(=O)/C(=C\c1ccc(C)cc1)C1=Nn2c(C)nnc2SC1. The lowest BCUT2D eigenvalue weighted by atomic mass is 10.1. The minimum atomic E-state index is -0.369. The highest BCUT2D eigenvalue weighted by molar-refractivity contribution is 7.99. The summed E-state index contributed by atoms with van der Waals surface area (Å²) in [6.07, 6.45) is 1.82. The van der Waals surface area contributed by atoms with Crippen LogP contribution in [0.15, 0.2) is 40.1 Å². The number of thioether (sulfide) groups is 1. The molecular weight excluding hydrogens is 324 g/mol. The zero-order valence-electron chi connectivity index (χ0n) is 13.8. The van der Waals surface area contributed by atoms with Gasteiger partial charge in [-0.05, 0) is 32.4 Å². The van der Waals surface area contributed by atoms with E-state index in [1.165, 1.54) is 17.3 Å². The van der Waals surface area contributed by atoms with Gasteiger partial charge in [0.25, 0.3) is 0 Å². The number of benzene rings is 1. The number of carbonyl (C=O) groups excluding carboxylic acids is 1. The predicted octanol–water partition coefficient (Wildman–Crippen LogP) is 2.85. The Kier molecular flexibility index (Phi) is 4.80. The number of aryl methyl sites for hydroxylation is 2. The monoisotopic (exact) mass is 342 g/mol. The van der Waals surface area contributed by atoms with Crippen LogP contribution in [0.3, 0.4) is 0 Å². The molecule has 124 valence electrons. The Morgan fingerprint density at radius 3 is 2.75 bits per heavy atom. The number of fused-ring (bicyclic) bond motifs is 1. The first-order chi connectivity index (χ1) is 11.6. The third-order valence-electron chi connectivity index (χ3n) is 3.52. The van der Waals surface area contributed by atoms with Gasteiger partial charge in [-0.25, -0.2) is 4.79 Å². The summed E-state index contributed by atoms with van der Waals surface area (Å²) in [5.41, 5.74) is 3.23. The van der Waals surface area contributed by atoms with Crippen LogP contribution in [0.25, 0.3) is 6.08 Å². The van der Waals surface area contributed by atoms with Crippen LogP contribution < -0.4 is 0 Å². The summed E-state index contributed by atoms with van der Waals surface area (Å²) >= 11 is 1.50. The number of hydrogen-bond acceptors (Lipinski definition) is 6. The van der Waals surface area contributed by atoms with Crippen LogP contribution in [0.1, 0.15) is 23.9 Å². The summed E-state index contributed by atoms with van der Waals surface area (Å²) in [5, 5.41) is 13.3. The minimum absolute atomic E-state index is 0.321. The number of rotatable bonds is 4. The molecule has 0 radical (unpaired) electrons. The van der Waals surface area contributed by atoms with E-state index in [1.807, 2.05) is 44.2 Å². The van der Waals surface area contributed by atoms with Crippen molar-refractivity contribution in [2.45, 2.75) is 25.9 Å². The van der Waals surface area contributed by atoms with Gasteiger partial charge in [0.1, 0.15) is 0 Å². The van der Waals surface area contributed by atoms with Gasteiger partial charge in [-0.2, -0.15) is 9.78 Å². The van der Waals surface area contributed by atoms with E-state index >= 15 is 0 Å². The fourth-order valence-corrected chi connectivity index (χ4v) is 3.13. The Bertz CT molecular complexity index is 822. The van der Waals surface area contributed by atoms with E-state index in [4.69, 9.17) is 4.74 Å². The number of nitrogens with zero attached hydrogens (tertiary/aromatic N) is 4. The third kappa shape index (κ3) is 3.41. The van der Waals surface area contributed by atoms with Crippen LogP contribution in [0.5, 0.6) is 0 Å². The van der Waals surface area contributed by atoms with Crippen molar-refractivity contribution in [3.05, 3.63) is 46.8 Å². The topological polar surface area (TPSA) is 69.4 Å². The molecule has 0 saturated heterocycles. The van der Waals surface area contributed by atoms with E-state index in [0.29, 0.717) is 29.5 Å². The number of carbonyl (C=O) groups is 1. The number of hydrogen-bond donors (Lipinski definition) is 0. The van der Waals surface area contributed by atoms with E-state index < -0.39 is 0 Å². The summed E-state index contributed by atoms with van der Waals surface area (Å²) in [6, 6.07) is 7.96. The Morgan fingerprint density at radius 2 is 2.04 bits per heavy atom. The number of aromatic nitrogens is 3. The standard InChI is InChI=1S/C17H18N4O2S/c1-4-23-16(22)14(9-13-7-5-11(2)6-8-13)15-10-24-17-19-18-12(3)21(17)20-15/h5-9H,4,10H2,1-3H3/b14-9-. The second-order valence-electron chi connectivity index (χ2n) is 5.37. The van der Waals surface area contributed by atoms with E-state index in [2.05, 4.69) is 15.3 Å². The van der Waals surface area contributed by atoms with Gasteiger partial charge in [0.2, 0.25) is 5.16 Å². The molecule has 0 N–H and O–H groups in total. The average molecular weight is 342 g/mol. The molecule has 3 rings (SSSR count). The van der Waals surface area contributed by atoms with E-state index in [-0.39, 0.29) is 5.97 Å². The van der Waals surface area contributed by atoms with Gasteiger partial charge in [-0.3, -0.25) is 0 Å². The first kappa shape index (κ1) is 16.4. The lowest BCUT2D eigenvalue weighted by molar-refractivity contribution is -0.137. The van der Waals surface area contributed by atoms with Crippen LogP contribution in [0.2, 0.25) is 0 Å². The molecule has 0 bridgehead atoms. The highest BCUT2D eigenvalue weighted by atomic mass is 32.2. The fourth-order valence-electron chi connectivity index (χ4n) is 2.26. The summed E-state index contributed by atoms with van der Waals surface area (Å²) in [4.78, 5) is 12.4. The molecule has 2 aromatic rings. The molecule has 0 spiro atoms. The van der Waals surface area contributed by atoms with Crippen LogP contribution in [-0.2, 0) is 9.53 Å². The van der Waals surface area contributed by atoms with Gasteiger partial charge >= 0.3 is 5.97 Å². The zero-order valence-corrected chi connectivity index (χ0v) is 14.6. The molecule has 2 heterocycles. The molecule has 1 aliphatic heterocycles. The number of esters is 1. The van der Waals surface area contributed by atoms with Gasteiger partial charge in [-0.1, -0.05) is 41.6 Å². The quantitative estimate of drug-likeness (QED) is 0.631. The molecule has 0 saturated carbocycles. The predicted molar refractivity (Wildman–Crippen MR) is 94.1 cm³/mol. The summed E-state index contributed by atoms with van der Waals surface area (Å²) in [7, 11) is 0. The second kappa shape index (κ2) is 7.00. The Hall–Kier alpha value is -2.41. The van der Waals surface area contributed by atoms with Crippen molar-refractivity contribution in [3.8, 4) is 0 Å². The molecule has 0 atom stereocenters. The largest absolute Gasteiger partial charge is 0.462 e. The maximum Gasteiger partial charge on any atom is 0.340 e. The Labute approximate surface area is 144 Å². The van der Waals surface area contributed by atoms with Crippen molar-refractivity contribution >= 4 is 29.5 Å². The smallest absolute Gasteiger partial charge is 0.340 e. The van der Waals surface area contributed by atoms with Crippen molar-refractivity contribution in [2.75, 3.05) is 12.4 Å². The van der Waals surface area contributed by atoms with Gasteiger partial charge in [-0.15, -0.1) is 10.2 Å². The lowest BCUT2D eigenvalue weighted by Gasteiger charge is -2.15. The fraction of sp³-hybridized carbons (Fsp3) is 0.294. The highest BCUT2D eigenvalue weighted by Gasteiger charge is 2.24. The first-order valence-corrected chi connectivity index (χ1v) is 8.65. The van der Waals surface area contributed by atoms with E-state index in [1.54, 1.807) is 11.6 Å². The highest BCUT2D eigenvalue weighted by Crippen LogP contribution is 2.25. The van der Waals surface area contributed by atoms with Crippen LogP contribution in [0, 0.1) is 13.8 Å². The van der Waals surface area contributed by atoms with Gasteiger partial charge in [0.05, 0.1) is 17.9 Å². The molecule has 6 nitrogen and oxygen atoms in total. The van der Waals surface area contributed by atoms with E-state index in [9.17, 15) is 4.79 Å². The van der Waals surface area contributed by atoms with Crippen molar-refractivity contribution < 1.29 is 9.53 Å².